The van der Waals surface area contributed by atoms with E-state index in [0.717, 1.165) is 31.7 Å². The summed E-state index contributed by atoms with van der Waals surface area (Å²) in [5.41, 5.74) is 2.39. The summed E-state index contributed by atoms with van der Waals surface area (Å²) >= 11 is 0. The van der Waals surface area contributed by atoms with Crippen molar-refractivity contribution in [1.82, 2.24) is 4.90 Å². The predicted octanol–water partition coefficient (Wildman–Crippen LogP) is 1.53. The zero-order valence-corrected chi connectivity index (χ0v) is 12.2. The number of rotatable bonds is 4. The highest BCUT2D eigenvalue weighted by Gasteiger charge is 2.18. The van der Waals surface area contributed by atoms with Crippen LogP contribution in [0.4, 0.5) is 5.69 Å². The van der Waals surface area contributed by atoms with Crippen LogP contribution in [0.15, 0.2) is 24.3 Å². The first-order valence-corrected chi connectivity index (χ1v) is 8.61. The molecule has 4 nitrogen and oxygen atoms in total. The quantitative estimate of drug-likeness (QED) is 0.910. The molecule has 0 saturated carbocycles. The van der Waals surface area contributed by atoms with Gasteiger partial charge < -0.3 is 10.2 Å². The fourth-order valence-corrected chi connectivity index (χ4v) is 3.64. The van der Waals surface area contributed by atoms with Gasteiger partial charge in [-0.15, -0.1) is 0 Å². The lowest BCUT2D eigenvalue weighted by Crippen LogP contribution is -2.31. The van der Waals surface area contributed by atoms with Crippen molar-refractivity contribution in [3.63, 3.8) is 0 Å². The van der Waals surface area contributed by atoms with E-state index in [2.05, 4.69) is 29.3 Å². The van der Waals surface area contributed by atoms with Crippen LogP contribution in [0.1, 0.15) is 12.0 Å². The molecule has 1 fully saturated rings. The molecule has 1 aliphatic rings. The molecule has 1 N–H and O–H groups in total. The van der Waals surface area contributed by atoms with Gasteiger partial charge in [0.05, 0.1) is 11.5 Å². The third-order valence-electron chi connectivity index (χ3n) is 3.54. The molecule has 0 aromatic heterocycles. The molecule has 1 aromatic rings. The highest BCUT2D eigenvalue weighted by Crippen LogP contribution is 2.12. The van der Waals surface area contributed by atoms with Crippen molar-refractivity contribution in [1.29, 1.82) is 0 Å². The number of nitrogens with zero attached hydrogens (tertiary/aromatic N) is 1. The zero-order chi connectivity index (χ0) is 13.7. The van der Waals surface area contributed by atoms with Gasteiger partial charge in [-0.05, 0) is 31.5 Å². The molecule has 0 atom stereocenters. The minimum absolute atomic E-state index is 0.303. The SMILES string of the molecule is Cc1ccccc1NCCN1CCCS(=O)(=O)CC1. The Morgan fingerprint density at radius 2 is 2.00 bits per heavy atom. The normalized spacial score (nSPS) is 19.8. The summed E-state index contributed by atoms with van der Waals surface area (Å²) in [5, 5.41) is 3.41. The third kappa shape index (κ3) is 4.51. The largest absolute Gasteiger partial charge is 0.384 e. The van der Waals surface area contributed by atoms with Gasteiger partial charge in [0.2, 0.25) is 0 Å². The standard InChI is InChI=1S/C14H22N2O2S/c1-13-5-2-3-6-14(13)15-7-9-16-8-4-11-19(17,18)12-10-16/h2-3,5-6,15H,4,7-12H2,1H3. The van der Waals surface area contributed by atoms with Crippen molar-refractivity contribution in [2.75, 3.05) is 43.0 Å². The number of sulfone groups is 1. The monoisotopic (exact) mass is 282 g/mol. The van der Waals surface area contributed by atoms with Gasteiger partial charge >= 0.3 is 0 Å². The van der Waals surface area contributed by atoms with Gasteiger partial charge in [0.15, 0.2) is 9.84 Å². The number of nitrogens with one attached hydrogen (secondary N) is 1. The van der Waals surface area contributed by atoms with Crippen LogP contribution in [0, 0.1) is 6.92 Å². The lowest BCUT2D eigenvalue weighted by atomic mass is 10.2. The number of benzene rings is 1. The number of para-hydroxylation sites is 1. The summed E-state index contributed by atoms with van der Waals surface area (Å²) in [4.78, 5) is 2.23. The fraction of sp³-hybridized carbons (Fsp3) is 0.571. The van der Waals surface area contributed by atoms with Crippen LogP contribution in [0.2, 0.25) is 0 Å². The second kappa shape index (κ2) is 6.39. The Kier molecular flexibility index (Phi) is 4.82. The Balaban J connectivity index is 1.78. The van der Waals surface area contributed by atoms with Crippen molar-refractivity contribution in [2.45, 2.75) is 13.3 Å². The second-order valence-corrected chi connectivity index (χ2v) is 7.39. The summed E-state index contributed by atoms with van der Waals surface area (Å²) in [7, 11) is -2.80. The molecule has 0 radical (unpaired) electrons. The van der Waals surface area contributed by atoms with Gasteiger partial charge in [-0.1, -0.05) is 18.2 Å². The summed E-state index contributed by atoms with van der Waals surface area (Å²) in [6.45, 7) is 5.38. The smallest absolute Gasteiger partial charge is 0.151 e. The van der Waals surface area contributed by atoms with Crippen molar-refractivity contribution in [3.05, 3.63) is 29.8 Å². The van der Waals surface area contributed by atoms with E-state index in [1.165, 1.54) is 5.56 Å². The van der Waals surface area contributed by atoms with Crippen molar-refractivity contribution >= 4 is 15.5 Å². The molecule has 1 heterocycles. The number of hydrogen-bond acceptors (Lipinski definition) is 4. The van der Waals surface area contributed by atoms with Crippen LogP contribution >= 0.6 is 0 Å². The van der Waals surface area contributed by atoms with Crippen LogP contribution in [-0.4, -0.2) is 51.0 Å². The van der Waals surface area contributed by atoms with Gasteiger partial charge in [0.1, 0.15) is 0 Å². The number of hydrogen-bond donors (Lipinski definition) is 1. The minimum Gasteiger partial charge on any atom is -0.384 e. The molecule has 0 bridgehead atoms. The topological polar surface area (TPSA) is 49.4 Å². The summed E-state index contributed by atoms with van der Waals surface area (Å²) in [6, 6.07) is 8.21. The van der Waals surface area contributed by atoms with Gasteiger partial charge in [-0.3, -0.25) is 0 Å². The van der Waals surface area contributed by atoms with Crippen LogP contribution < -0.4 is 5.32 Å². The highest BCUT2D eigenvalue weighted by atomic mass is 32.2. The number of aryl methyl sites for hydroxylation is 1. The van der Waals surface area contributed by atoms with Gasteiger partial charge in [-0.25, -0.2) is 8.42 Å². The van der Waals surface area contributed by atoms with Crippen LogP contribution in [0.3, 0.4) is 0 Å². The maximum Gasteiger partial charge on any atom is 0.151 e. The summed E-state index contributed by atoms with van der Waals surface area (Å²) < 4.78 is 23.0. The molecule has 0 unspecified atom stereocenters. The molecule has 1 saturated heterocycles. The summed E-state index contributed by atoms with van der Waals surface area (Å²) in [5.74, 6) is 0.645. The van der Waals surface area contributed by atoms with E-state index in [1.807, 2.05) is 12.1 Å². The molecule has 0 aliphatic carbocycles. The molecular formula is C14H22N2O2S. The average Bonchev–Trinajstić information content (AvgIpc) is 2.53. The van der Waals surface area contributed by atoms with Gasteiger partial charge in [-0.2, -0.15) is 0 Å². The fourth-order valence-electron chi connectivity index (χ4n) is 2.33. The zero-order valence-electron chi connectivity index (χ0n) is 11.4. The van der Waals surface area contributed by atoms with Crippen molar-refractivity contribution in [3.8, 4) is 0 Å². The first kappa shape index (κ1) is 14.3. The second-order valence-electron chi connectivity index (χ2n) is 5.09. The molecule has 106 valence electrons. The first-order valence-electron chi connectivity index (χ1n) is 6.79. The Morgan fingerprint density at radius 3 is 2.79 bits per heavy atom. The van der Waals surface area contributed by atoms with E-state index >= 15 is 0 Å². The van der Waals surface area contributed by atoms with E-state index < -0.39 is 9.84 Å². The van der Waals surface area contributed by atoms with Crippen LogP contribution in [-0.2, 0) is 9.84 Å². The van der Waals surface area contributed by atoms with E-state index in [9.17, 15) is 8.42 Å². The number of anilines is 1. The highest BCUT2D eigenvalue weighted by molar-refractivity contribution is 7.91. The molecule has 1 aromatic carbocycles. The van der Waals surface area contributed by atoms with E-state index in [-0.39, 0.29) is 0 Å². The maximum absolute atomic E-state index is 11.5. The van der Waals surface area contributed by atoms with Crippen LogP contribution in [0.25, 0.3) is 0 Å². The van der Waals surface area contributed by atoms with Crippen molar-refractivity contribution in [2.24, 2.45) is 0 Å². The van der Waals surface area contributed by atoms with Crippen molar-refractivity contribution < 1.29 is 8.42 Å². The molecule has 19 heavy (non-hydrogen) atoms. The Hall–Kier alpha value is -1.07. The first-order chi connectivity index (χ1) is 9.07. The average molecular weight is 282 g/mol. The molecule has 0 amide bonds. The molecule has 0 spiro atoms. The van der Waals surface area contributed by atoms with E-state index in [4.69, 9.17) is 0 Å². The summed E-state index contributed by atoms with van der Waals surface area (Å²) in [6.07, 6.45) is 0.757. The van der Waals surface area contributed by atoms with Gasteiger partial charge in [0.25, 0.3) is 0 Å². The van der Waals surface area contributed by atoms with Gasteiger partial charge in [0, 0.05) is 25.3 Å². The van der Waals surface area contributed by atoms with E-state index in [1.54, 1.807) is 0 Å². The van der Waals surface area contributed by atoms with Crippen LogP contribution in [0.5, 0.6) is 0 Å². The lowest BCUT2D eigenvalue weighted by molar-refractivity contribution is 0.307. The lowest BCUT2D eigenvalue weighted by Gasteiger charge is -2.20. The Labute approximate surface area is 115 Å². The van der Waals surface area contributed by atoms with E-state index in [0.29, 0.717) is 18.1 Å². The molecular weight excluding hydrogens is 260 g/mol. The maximum atomic E-state index is 11.5. The third-order valence-corrected chi connectivity index (χ3v) is 5.25. The Bertz CT molecular complexity index is 514. The minimum atomic E-state index is -2.80. The molecule has 2 rings (SSSR count). The Morgan fingerprint density at radius 1 is 1.21 bits per heavy atom. The predicted molar refractivity (Wildman–Crippen MR) is 79.4 cm³/mol. The molecule has 5 heteroatoms. The molecule has 1 aliphatic heterocycles.